The van der Waals surface area contributed by atoms with Crippen molar-refractivity contribution in [3.05, 3.63) is 36.9 Å². The van der Waals surface area contributed by atoms with Crippen LogP contribution in [0.4, 0.5) is 0 Å². The van der Waals surface area contributed by atoms with Crippen LogP contribution in [-0.4, -0.2) is 16.4 Å². The number of hydrogen-bond donors (Lipinski definition) is 2. The lowest BCUT2D eigenvalue weighted by Crippen LogP contribution is -2.09. The van der Waals surface area contributed by atoms with Crippen molar-refractivity contribution in [1.82, 2.24) is 0 Å². The molecule has 1 aromatic rings. The highest BCUT2D eigenvalue weighted by Gasteiger charge is 2.21. The molecule has 0 aromatic heterocycles. The van der Waals surface area contributed by atoms with Crippen molar-refractivity contribution in [3.63, 3.8) is 0 Å². The summed E-state index contributed by atoms with van der Waals surface area (Å²) >= 11 is 0. The second-order valence-electron chi connectivity index (χ2n) is 2.61. The lowest BCUT2D eigenvalue weighted by Gasteiger charge is -2.10. The van der Waals surface area contributed by atoms with E-state index in [1.54, 1.807) is 12.1 Å². The molecule has 0 aliphatic heterocycles. The zero-order valence-corrected chi connectivity index (χ0v) is 8.35. The molecule has 0 unspecified atom stereocenters. The van der Waals surface area contributed by atoms with E-state index in [2.05, 4.69) is 6.58 Å². The van der Waals surface area contributed by atoms with E-state index in [0.717, 1.165) is 0 Å². The Morgan fingerprint density at radius 1 is 1.43 bits per heavy atom. The third-order valence-electron chi connectivity index (χ3n) is 1.54. The zero-order valence-electron chi connectivity index (χ0n) is 7.46. The fraction of sp³-hybridized carbons (Fsp3) is 0.111. The van der Waals surface area contributed by atoms with Crippen LogP contribution in [0.5, 0.6) is 5.75 Å². The third-order valence-corrected chi connectivity index (χ3v) is 2.53. The molecular formula is C9H11O4P. The first-order chi connectivity index (χ1) is 6.55. The summed E-state index contributed by atoms with van der Waals surface area (Å²) in [7, 11) is -4.26. The Balaban J connectivity index is 3.03. The average molecular weight is 214 g/mol. The molecule has 0 aliphatic rings. The van der Waals surface area contributed by atoms with Crippen LogP contribution in [-0.2, 0) is 4.57 Å². The molecule has 0 spiro atoms. The summed E-state index contributed by atoms with van der Waals surface area (Å²) in [5.41, 5.74) is 0. The van der Waals surface area contributed by atoms with E-state index in [1.165, 1.54) is 18.2 Å². The normalized spacial score (nSPS) is 11.0. The van der Waals surface area contributed by atoms with E-state index >= 15 is 0 Å². The van der Waals surface area contributed by atoms with Gasteiger partial charge in [-0.25, -0.2) is 0 Å². The van der Waals surface area contributed by atoms with Gasteiger partial charge in [0.2, 0.25) is 0 Å². The summed E-state index contributed by atoms with van der Waals surface area (Å²) < 4.78 is 16.1. The maximum Gasteiger partial charge on any atom is 0.359 e. The Hall–Kier alpha value is -1.09. The maximum atomic E-state index is 11.0. The smallest absolute Gasteiger partial charge is 0.359 e. The van der Waals surface area contributed by atoms with Crippen LogP contribution >= 0.6 is 7.60 Å². The number of hydrogen-bond acceptors (Lipinski definition) is 2. The van der Waals surface area contributed by atoms with Gasteiger partial charge in [-0.15, -0.1) is 0 Å². The molecule has 0 fully saturated rings. The summed E-state index contributed by atoms with van der Waals surface area (Å²) in [6.45, 7) is 3.67. The summed E-state index contributed by atoms with van der Waals surface area (Å²) in [5.74, 6) is 0.195. The van der Waals surface area contributed by atoms with Gasteiger partial charge in [0.25, 0.3) is 0 Å². The first kappa shape index (κ1) is 11.0. The van der Waals surface area contributed by atoms with Gasteiger partial charge < -0.3 is 14.5 Å². The second-order valence-corrected chi connectivity index (χ2v) is 4.18. The van der Waals surface area contributed by atoms with Crippen molar-refractivity contribution in [2.75, 3.05) is 6.61 Å². The Bertz CT molecular complexity index is 369. The lowest BCUT2D eigenvalue weighted by molar-refractivity contribution is 0.358. The van der Waals surface area contributed by atoms with Gasteiger partial charge in [-0.2, -0.15) is 0 Å². The minimum absolute atomic E-state index is 0.0955. The molecule has 0 atom stereocenters. The van der Waals surface area contributed by atoms with Gasteiger partial charge >= 0.3 is 7.60 Å². The molecule has 1 rings (SSSR count). The molecule has 0 heterocycles. The van der Waals surface area contributed by atoms with Gasteiger partial charge in [0, 0.05) is 0 Å². The van der Waals surface area contributed by atoms with E-state index < -0.39 is 7.60 Å². The molecule has 0 aliphatic carbocycles. The van der Waals surface area contributed by atoms with E-state index in [-0.39, 0.29) is 17.7 Å². The largest absolute Gasteiger partial charge is 0.489 e. The van der Waals surface area contributed by atoms with Gasteiger partial charge in [-0.1, -0.05) is 24.8 Å². The fourth-order valence-electron chi connectivity index (χ4n) is 0.969. The van der Waals surface area contributed by atoms with Gasteiger partial charge in [0.15, 0.2) is 0 Å². The summed E-state index contributed by atoms with van der Waals surface area (Å²) in [4.78, 5) is 17.9. The highest BCUT2D eigenvalue weighted by Crippen LogP contribution is 2.36. The van der Waals surface area contributed by atoms with Crippen molar-refractivity contribution in [3.8, 4) is 5.75 Å². The first-order valence-electron chi connectivity index (χ1n) is 3.94. The van der Waals surface area contributed by atoms with Crippen molar-refractivity contribution in [2.45, 2.75) is 0 Å². The fourth-order valence-corrected chi connectivity index (χ4v) is 1.68. The quantitative estimate of drug-likeness (QED) is 0.580. The zero-order chi connectivity index (χ0) is 10.6. The predicted molar refractivity (Wildman–Crippen MR) is 53.8 cm³/mol. The van der Waals surface area contributed by atoms with Gasteiger partial charge in [0.05, 0.1) is 0 Å². The number of benzene rings is 1. The van der Waals surface area contributed by atoms with E-state index in [1.807, 2.05) is 0 Å². The highest BCUT2D eigenvalue weighted by molar-refractivity contribution is 7.60. The predicted octanol–water partition coefficient (Wildman–Crippen LogP) is 1.05. The summed E-state index contributed by atoms with van der Waals surface area (Å²) in [6, 6.07) is 6.06. The van der Waals surface area contributed by atoms with E-state index in [4.69, 9.17) is 14.5 Å². The molecule has 0 saturated heterocycles. The topological polar surface area (TPSA) is 66.8 Å². The SMILES string of the molecule is C=CCOc1ccccc1P(=O)(O)O. The van der Waals surface area contributed by atoms with Gasteiger partial charge in [0.1, 0.15) is 17.7 Å². The molecule has 0 amide bonds. The molecule has 14 heavy (non-hydrogen) atoms. The molecular weight excluding hydrogens is 203 g/mol. The molecule has 0 saturated carbocycles. The Kier molecular flexibility index (Phi) is 3.47. The Morgan fingerprint density at radius 3 is 2.64 bits per heavy atom. The highest BCUT2D eigenvalue weighted by atomic mass is 31.2. The molecule has 0 radical (unpaired) electrons. The van der Waals surface area contributed by atoms with Crippen LogP contribution in [0.3, 0.4) is 0 Å². The maximum absolute atomic E-state index is 11.0. The van der Waals surface area contributed by atoms with Crippen LogP contribution in [0, 0.1) is 0 Å². The molecule has 2 N–H and O–H groups in total. The second kappa shape index (κ2) is 4.42. The van der Waals surface area contributed by atoms with Crippen LogP contribution in [0.2, 0.25) is 0 Å². The van der Waals surface area contributed by atoms with E-state index in [9.17, 15) is 4.57 Å². The standard InChI is InChI=1S/C9H11O4P/c1-2-7-13-8-5-3-4-6-9(8)14(10,11)12/h2-6H,1,7H2,(H2,10,11,12). The van der Waals surface area contributed by atoms with Crippen LogP contribution in [0.25, 0.3) is 0 Å². The monoisotopic (exact) mass is 214 g/mol. The van der Waals surface area contributed by atoms with Crippen LogP contribution in [0.15, 0.2) is 36.9 Å². The van der Waals surface area contributed by atoms with Crippen LogP contribution in [0.1, 0.15) is 0 Å². The molecule has 5 heteroatoms. The third kappa shape index (κ3) is 2.70. The van der Waals surface area contributed by atoms with Crippen molar-refractivity contribution < 1.29 is 19.1 Å². The average Bonchev–Trinajstić information content (AvgIpc) is 2.14. The minimum atomic E-state index is -4.26. The van der Waals surface area contributed by atoms with Gasteiger partial charge in [-0.3, -0.25) is 4.57 Å². The van der Waals surface area contributed by atoms with Crippen molar-refractivity contribution in [1.29, 1.82) is 0 Å². The van der Waals surface area contributed by atoms with Crippen molar-refractivity contribution >= 4 is 12.9 Å². The lowest BCUT2D eigenvalue weighted by atomic mass is 10.3. The van der Waals surface area contributed by atoms with Crippen LogP contribution < -0.4 is 10.0 Å². The summed E-state index contributed by atoms with van der Waals surface area (Å²) in [5, 5.41) is -0.0955. The summed E-state index contributed by atoms with van der Waals surface area (Å²) in [6.07, 6.45) is 1.51. The minimum Gasteiger partial charge on any atom is -0.489 e. The number of para-hydroxylation sites is 1. The molecule has 76 valence electrons. The van der Waals surface area contributed by atoms with Gasteiger partial charge in [-0.05, 0) is 12.1 Å². The molecule has 1 aromatic carbocycles. The molecule has 4 nitrogen and oxygen atoms in total. The van der Waals surface area contributed by atoms with Crippen molar-refractivity contribution in [2.24, 2.45) is 0 Å². The Labute approximate surface area is 82.0 Å². The van der Waals surface area contributed by atoms with E-state index in [0.29, 0.717) is 0 Å². The Morgan fingerprint density at radius 2 is 2.07 bits per heavy atom. The number of ether oxygens (including phenoxy) is 1. The first-order valence-corrected chi connectivity index (χ1v) is 5.56. The molecule has 0 bridgehead atoms. The number of rotatable bonds is 4.